The molecule has 4 rings (SSSR count). The molecule has 0 unspecified atom stereocenters. The van der Waals surface area contributed by atoms with Crippen LogP contribution < -0.4 is 15.5 Å². The zero-order valence-electron chi connectivity index (χ0n) is 16.6. The predicted octanol–water partition coefficient (Wildman–Crippen LogP) is 3.02. The van der Waals surface area contributed by atoms with Crippen molar-refractivity contribution in [2.24, 2.45) is 10.7 Å². The van der Waals surface area contributed by atoms with Crippen molar-refractivity contribution < 1.29 is 4.39 Å². The van der Waals surface area contributed by atoms with Crippen molar-refractivity contribution in [2.45, 2.75) is 6.54 Å². The molecule has 2 N–H and O–H groups in total. The van der Waals surface area contributed by atoms with Gasteiger partial charge in [-0.05, 0) is 42.0 Å². The number of anilines is 2. The molecule has 0 aliphatic carbocycles. The topological polar surface area (TPSA) is 48.1 Å². The van der Waals surface area contributed by atoms with E-state index >= 15 is 0 Å². The normalized spacial score (nSPS) is 18.2. The first-order chi connectivity index (χ1) is 14.2. The quantitative estimate of drug-likeness (QED) is 0.617. The molecular formula is C22H28FN5S. The Morgan fingerprint density at radius 1 is 0.828 bits per heavy atom. The second-order valence-corrected chi connectivity index (χ2v) is 8.62. The minimum absolute atomic E-state index is 0.202. The lowest BCUT2D eigenvalue weighted by atomic mass is 10.2. The summed E-state index contributed by atoms with van der Waals surface area (Å²) in [5, 5.41) is 0. The Labute approximate surface area is 176 Å². The molecule has 0 saturated carbocycles. The van der Waals surface area contributed by atoms with E-state index in [1.807, 2.05) is 23.9 Å². The van der Waals surface area contributed by atoms with Crippen LogP contribution in [0.1, 0.15) is 5.56 Å². The van der Waals surface area contributed by atoms with Gasteiger partial charge in [0.15, 0.2) is 5.96 Å². The highest BCUT2D eigenvalue weighted by molar-refractivity contribution is 7.99. The minimum atomic E-state index is -0.202. The largest absolute Gasteiger partial charge is 0.370 e. The molecule has 0 aromatic heterocycles. The molecule has 2 aliphatic rings. The third kappa shape index (κ3) is 5.15. The first-order valence-corrected chi connectivity index (χ1v) is 11.3. The second kappa shape index (κ2) is 9.39. The van der Waals surface area contributed by atoms with Gasteiger partial charge in [0.05, 0.1) is 6.54 Å². The van der Waals surface area contributed by atoms with Gasteiger partial charge in [0.2, 0.25) is 0 Å². The van der Waals surface area contributed by atoms with Crippen LogP contribution in [-0.4, -0.2) is 61.6 Å². The number of thioether (sulfide) groups is 1. The molecule has 2 aliphatic heterocycles. The lowest BCUT2D eigenvalue weighted by Crippen LogP contribution is -2.51. The zero-order valence-corrected chi connectivity index (χ0v) is 17.5. The summed E-state index contributed by atoms with van der Waals surface area (Å²) in [5.41, 5.74) is 9.76. The van der Waals surface area contributed by atoms with Gasteiger partial charge < -0.3 is 20.4 Å². The van der Waals surface area contributed by atoms with Crippen LogP contribution in [0.15, 0.2) is 53.5 Å². The molecule has 0 bridgehead atoms. The van der Waals surface area contributed by atoms with Crippen LogP contribution in [0.2, 0.25) is 0 Å². The molecule has 154 valence electrons. The van der Waals surface area contributed by atoms with E-state index in [0.29, 0.717) is 12.5 Å². The first kappa shape index (κ1) is 19.9. The molecule has 0 amide bonds. The third-order valence-electron chi connectivity index (χ3n) is 5.53. The smallest absolute Gasteiger partial charge is 0.191 e. The fourth-order valence-corrected chi connectivity index (χ4v) is 4.65. The van der Waals surface area contributed by atoms with Crippen molar-refractivity contribution in [1.29, 1.82) is 0 Å². The highest BCUT2D eigenvalue weighted by Gasteiger charge is 2.18. The maximum Gasteiger partial charge on any atom is 0.191 e. The summed E-state index contributed by atoms with van der Waals surface area (Å²) < 4.78 is 13.1. The van der Waals surface area contributed by atoms with Crippen molar-refractivity contribution in [3.63, 3.8) is 0 Å². The van der Waals surface area contributed by atoms with Gasteiger partial charge in [0.1, 0.15) is 5.82 Å². The third-order valence-corrected chi connectivity index (χ3v) is 6.47. The molecule has 2 heterocycles. The molecule has 5 nitrogen and oxygen atoms in total. The lowest BCUT2D eigenvalue weighted by Gasteiger charge is -2.36. The molecule has 0 spiro atoms. The van der Waals surface area contributed by atoms with Gasteiger partial charge in [-0.1, -0.05) is 12.1 Å². The molecule has 2 saturated heterocycles. The minimum Gasteiger partial charge on any atom is -0.370 e. The van der Waals surface area contributed by atoms with E-state index < -0.39 is 0 Å². The number of hydrogen-bond donors (Lipinski definition) is 1. The van der Waals surface area contributed by atoms with Crippen LogP contribution >= 0.6 is 11.8 Å². The molecule has 29 heavy (non-hydrogen) atoms. The number of guanidine groups is 1. The summed E-state index contributed by atoms with van der Waals surface area (Å²) in [7, 11) is 0. The second-order valence-electron chi connectivity index (χ2n) is 7.39. The van der Waals surface area contributed by atoms with Gasteiger partial charge in [-0.15, -0.1) is 0 Å². The Morgan fingerprint density at radius 2 is 1.38 bits per heavy atom. The Kier molecular flexibility index (Phi) is 6.44. The van der Waals surface area contributed by atoms with Crippen LogP contribution in [-0.2, 0) is 6.54 Å². The number of benzene rings is 2. The average molecular weight is 414 g/mol. The van der Waals surface area contributed by atoms with Gasteiger partial charge >= 0.3 is 0 Å². The Balaban J connectivity index is 1.28. The van der Waals surface area contributed by atoms with Gasteiger partial charge in [-0.2, -0.15) is 11.8 Å². The molecular weight excluding hydrogens is 385 g/mol. The Morgan fingerprint density at radius 3 is 2.00 bits per heavy atom. The van der Waals surface area contributed by atoms with Crippen molar-refractivity contribution in [3.8, 4) is 0 Å². The summed E-state index contributed by atoms with van der Waals surface area (Å²) in [6.45, 7) is 6.19. The fourth-order valence-electron chi connectivity index (χ4n) is 3.75. The van der Waals surface area contributed by atoms with Crippen LogP contribution in [0, 0.1) is 5.82 Å². The maximum atomic E-state index is 13.1. The number of halogens is 1. The summed E-state index contributed by atoms with van der Waals surface area (Å²) in [5.74, 6) is 2.81. The van der Waals surface area contributed by atoms with Gasteiger partial charge in [-0.3, -0.25) is 0 Å². The molecule has 7 heteroatoms. The van der Waals surface area contributed by atoms with E-state index in [1.54, 1.807) is 0 Å². The monoisotopic (exact) mass is 413 g/mol. The number of nitrogens with two attached hydrogens (primary N) is 1. The maximum absolute atomic E-state index is 13.1. The number of aliphatic imine (C=N–C) groups is 1. The number of nitrogens with zero attached hydrogens (tertiary/aromatic N) is 4. The van der Waals surface area contributed by atoms with Gasteiger partial charge in [0.25, 0.3) is 0 Å². The number of piperazine rings is 1. The molecule has 2 fully saturated rings. The van der Waals surface area contributed by atoms with E-state index in [4.69, 9.17) is 5.73 Å². The lowest BCUT2D eigenvalue weighted by molar-refractivity contribution is 0.380. The van der Waals surface area contributed by atoms with E-state index in [1.165, 1.54) is 34.9 Å². The summed E-state index contributed by atoms with van der Waals surface area (Å²) in [4.78, 5) is 11.4. The Bertz CT molecular complexity index is 810. The van der Waals surface area contributed by atoms with Crippen LogP contribution in [0.3, 0.4) is 0 Å². The van der Waals surface area contributed by atoms with E-state index in [-0.39, 0.29) is 5.82 Å². The molecule has 2 aromatic carbocycles. The summed E-state index contributed by atoms with van der Waals surface area (Å²) >= 11 is 2.02. The highest BCUT2D eigenvalue weighted by atomic mass is 32.2. The molecule has 0 atom stereocenters. The van der Waals surface area contributed by atoms with Gasteiger partial charge in [-0.25, -0.2) is 9.38 Å². The van der Waals surface area contributed by atoms with Crippen LogP contribution in [0.25, 0.3) is 0 Å². The molecule has 2 aromatic rings. The first-order valence-electron chi connectivity index (χ1n) is 10.2. The van der Waals surface area contributed by atoms with Crippen LogP contribution in [0.4, 0.5) is 15.8 Å². The average Bonchev–Trinajstić information content (AvgIpc) is 2.79. The molecule has 0 radical (unpaired) electrons. The van der Waals surface area contributed by atoms with Crippen LogP contribution in [0.5, 0.6) is 0 Å². The van der Waals surface area contributed by atoms with E-state index in [9.17, 15) is 4.39 Å². The van der Waals surface area contributed by atoms with Crippen molar-refractivity contribution in [3.05, 3.63) is 59.9 Å². The fraction of sp³-hybridized carbons (Fsp3) is 0.409. The van der Waals surface area contributed by atoms with E-state index in [2.05, 4.69) is 44.0 Å². The van der Waals surface area contributed by atoms with Gasteiger partial charge in [0, 0.05) is 62.1 Å². The highest BCUT2D eigenvalue weighted by Crippen LogP contribution is 2.20. The zero-order chi connectivity index (χ0) is 20.1. The SMILES string of the molecule is NC(=NCc1ccc(N2CCSCC2)cc1)N1CCN(c2ccc(F)cc2)CC1. The van der Waals surface area contributed by atoms with Crippen molar-refractivity contribution in [1.82, 2.24) is 4.90 Å². The number of hydrogen-bond acceptors (Lipinski definition) is 4. The standard InChI is InChI=1S/C22H28FN5S/c23-19-3-7-21(8-4-19)26-9-11-28(12-10-26)22(24)25-17-18-1-5-20(6-2-18)27-13-15-29-16-14-27/h1-8H,9-17H2,(H2,24,25). The summed E-state index contributed by atoms with van der Waals surface area (Å²) in [6.07, 6.45) is 0. The predicted molar refractivity (Wildman–Crippen MR) is 121 cm³/mol. The van der Waals surface area contributed by atoms with Crippen molar-refractivity contribution >= 4 is 29.1 Å². The number of rotatable bonds is 4. The summed E-state index contributed by atoms with van der Waals surface area (Å²) in [6, 6.07) is 15.4. The Hall–Kier alpha value is -2.41. The van der Waals surface area contributed by atoms with E-state index in [0.717, 1.165) is 45.0 Å². The van der Waals surface area contributed by atoms with Crippen molar-refractivity contribution in [2.75, 3.05) is 60.6 Å².